The summed E-state index contributed by atoms with van der Waals surface area (Å²) < 4.78 is 19.5. The Morgan fingerprint density at radius 3 is 3.00 bits per heavy atom. The Balaban J connectivity index is 1.95. The van der Waals surface area contributed by atoms with Gasteiger partial charge >= 0.3 is 0 Å². The van der Waals surface area contributed by atoms with E-state index < -0.39 is 11.7 Å². The standard InChI is InChI=1S/C13H15BrFNO2/c14-10-5-3-6-11(15)12(10)13(17)16-8-9-4-1-2-7-18-9/h3,5-6,9H,1-2,4,7-8H2,(H,16,17). The van der Waals surface area contributed by atoms with Gasteiger partial charge in [0.1, 0.15) is 5.82 Å². The second-order valence-corrected chi connectivity index (χ2v) is 5.15. The summed E-state index contributed by atoms with van der Waals surface area (Å²) in [4.78, 5) is 11.9. The van der Waals surface area contributed by atoms with Gasteiger partial charge in [0, 0.05) is 17.6 Å². The predicted octanol–water partition coefficient (Wildman–Crippen LogP) is 2.89. The van der Waals surface area contributed by atoms with E-state index in [9.17, 15) is 9.18 Å². The number of amides is 1. The van der Waals surface area contributed by atoms with Crippen LogP contribution in [0.1, 0.15) is 29.6 Å². The molecule has 1 aromatic rings. The van der Waals surface area contributed by atoms with E-state index in [4.69, 9.17) is 4.74 Å². The summed E-state index contributed by atoms with van der Waals surface area (Å²) in [5.74, 6) is -0.930. The minimum absolute atomic E-state index is 0.0493. The number of ether oxygens (including phenoxy) is 1. The lowest BCUT2D eigenvalue weighted by Crippen LogP contribution is -2.35. The van der Waals surface area contributed by atoms with E-state index in [0.29, 0.717) is 11.0 Å². The largest absolute Gasteiger partial charge is 0.376 e. The number of hydrogen-bond acceptors (Lipinski definition) is 2. The monoisotopic (exact) mass is 315 g/mol. The van der Waals surface area contributed by atoms with E-state index in [-0.39, 0.29) is 11.7 Å². The zero-order valence-electron chi connectivity index (χ0n) is 9.92. The fraction of sp³-hybridized carbons (Fsp3) is 0.462. The van der Waals surface area contributed by atoms with Crippen LogP contribution in [0, 0.1) is 5.82 Å². The van der Waals surface area contributed by atoms with E-state index in [1.165, 1.54) is 6.07 Å². The lowest BCUT2D eigenvalue weighted by atomic mass is 10.1. The van der Waals surface area contributed by atoms with Crippen LogP contribution in [0.3, 0.4) is 0 Å². The highest BCUT2D eigenvalue weighted by Crippen LogP contribution is 2.19. The highest BCUT2D eigenvalue weighted by atomic mass is 79.9. The van der Waals surface area contributed by atoms with Crippen molar-refractivity contribution in [3.05, 3.63) is 34.1 Å². The molecule has 1 aliphatic heterocycles. The minimum atomic E-state index is -0.522. The first-order chi connectivity index (χ1) is 8.68. The van der Waals surface area contributed by atoms with E-state index >= 15 is 0 Å². The summed E-state index contributed by atoms with van der Waals surface area (Å²) in [6.45, 7) is 1.17. The summed E-state index contributed by atoms with van der Waals surface area (Å²) in [7, 11) is 0. The third-order valence-corrected chi connectivity index (χ3v) is 3.61. The van der Waals surface area contributed by atoms with Crippen molar-refractivity contribution in [3.8, 4) is 0 Å². The maximum atomic E-state index is 13.5. The fourth-order valence-corrected chi connectivity index (χ4v) is 2.50. The molecule has 1 saturated heterocycles. The van der Waals surface area contributed by atoms with Gasteiger partial charge in [0.2, 0.25) is 0 Å². The molecule has 1 fully saturated rings. The van der Waals surface area contributed by atoms with Crippen LogP contribution in [0.2, 0.25) is 0 Å². The smallest absolute Gasteiger partial charge is 0.255 e. The summed E-state index contributed by atoms with van der Waals surface area (Å²) in [5, 5.41) is 2.72. The van der Waals surface area contributed by atoms with Crippen molar-refractivity contribution in [2.75, 3.05) is 13.2 Å². The summed E-state index contributed by atoms with van der Waals surface area (Å²) >= 11 is 3.18. The highest BCUT2D eigenvalue weighted by Gasteiger charge is 2.18. The van der Waals surface area contributed by atoms with Crippen LogP contribution < -0.4 is 5.32 Å². The maximum absolute atomic E-state index is 13.5. The molecule has 0 spiro atoms. The van der Waals surface area contributed by atoms with Crippen LogP contribution in [-0.4, -0.2) is 25.2 Å². The number of carbonyl (C=O) groups is 1. The summed E-state index contributed by atoms with van der Waals surface area (Å²) in [5.41, 5.74) is 0.0494. The molecule has 1 aliphatic rings. The van der Waals surface area contributed by atoms with E-state index in [0.717, 1.165) is 25.9 Å². The second-order valence-electron chi connectivity index (χ2n) is 4.30. The summed E-state index contributed by atoms with van der Waals surface area (Å²) in [6.07, 6.45) is 3.18. The number of carbonyl (C=O) groups excluding carboxylic acids is 1. The number of rotatable bonds is 3. The number of nitrogens with one attached hydrogen (secondary N) is 1. The lowest BCUT2D eigenvalue weighted by Gasteiger charge is -2.22. The van der Waals surface area contributed by atoms with Crippen LogP contribution in [0.15, 0.2) is 22.7 Å². The molecule has 5 heteroatoms. The Labute approximate surface area is 114 Å². The Kier molecular flexibility index (Phi) is 4.72. The van der Waals surface area contributed by atoms with Gasteiger partial charge in [-0.25, -0.2) is 4.39 Å². The third kappa shape index (κ3) is 3.29. The van der Waals surface area contributed by atoms with Crippen LogP contribution >= 0.6 is 15.9 Å². The molecule has 1 heterocycles. The molecular formula is C13H15BrFNO2. The number of benzene rings is 1. The normalized spacial score (nSPS) is 19.6. The molecule has 0 aromatic heterocycles. The van der Waals surface area contributed by atoms with Gasteiger partial charge in [-0.1, -0.05) is 6.07 Å². The van der Waals surface area contributed by atoms with E-state index in [1.807, 2.05) is 0 Å². The van der Waals surface area contributed by atoms with Crippen LogP contribution in [0.5, 0.6) is 0 Å². The molecule has 0 saturated carbocycles. The molecule has 1 N–H and O–H groups in total. The predicted molar refractivity (Wildman–Crippen MR) is 70.0 cm³/mol. The van der Waals surface area contributed by atoms with Crippen molar-refractivity contribution in [2.45, 2.75) is 25.4 Å². The second kappa shape index (κ2) is 6.29. The van der Waals surface area contributed by atoms with Crippen molar-refractivity contribution in [1.82, 2.24) is 5.32 Å². The molecule has 18 heavy (non-hydrogen) atoms. The molecule has 0 bridgehead atoms. The molecule has 1 atom stereocenters. The van der Waals surface area contributed by atoms with Gasteiger partial charge in [-0.15, -0.1) is 0 Å². The molecule has 3 nitrogen and oxygen atoms in total. The van der Waals surface area contributed by atoms with Gasteiger partial charge in [0.05, 0.1) is 11.7 Å². The van der Waals surface area contributed by atoms with Crippen molar-refractivity contribution in [2.24, 2.45) is 0 Å². The first-order valence-corrected chi connectivity index (χ1v) is 6.81. The molecular weight excluding hydrogens is 301 g/mol. The maximum Gasteiger partial charge on any atom is 0.255 e. The molecule has 2 rings (SSSR count). The van der Waals surface area contributed by atoms with Gasteiger partial charge in [0.15, 0.2) is 0 Å². The molecule has 0 radical (unpaired) electrons. The highest BCUT2D eigenvalue weighted by molar-refractivity contribution is 9.10. The molecule has 98 valence electrons. The Hall–Kier alpha value is -0.940. The third-order valence-electron chi connectivity index (χ3n) is 2.95. The van der Waals surface area contributed by atoms with Crippen molar-refractivity contribution in [3.63, 3.8) is 0 Å². The first kappa shape index (κ1) is 13.5. The van der Waals surface area contributed by atoms with E-state index in [1.54, 1.807) is 12.1 Å². The summed E-state index contributed by atoms with van der Waals surface area (Å²) in [6, 6.07) is 4.48. The quantitative estimate of drug-likeness (QED) is 0.931. The average molecular weight is 316 g/mol. The van der Waals surface area contributed by atoms with Gasteiger partial charge in [-0.2, -0.15) is 0 Å². The Bertz CT molecular complexity index is 413. The van der Waals surface area contributed by atoms with Gasteiger partial charge in [0.25, 0.3) is 5.91 Å². The lowest BCUT2D eigenvalue weighted by molar-refractivity contribution is 0.0168. The van der Waals surface area contributed by atoms with E-state index in [2.05, 4.69) is 21.2 Å². The van der Waals surface area contributed by atoms with Gasteiger partial charge in [-0.3, -0.25) is 4.79 Å². The number of hydrogen-bond donors (Lipinski definition) is 1. The zero-order valence-corrected chi connectivity index (χ0v) is 11.5. The number of halogens is 2. The SMILES string of the molecule is O=C(NCC1CCCCO1)c1c(F)cccc1Br. The molecule has 0 aliphatic carbocycles. The van der Waals surface area contributed by atoms with Crippen molar-refractivity contribution < 1.29 is 13.9 Å². The first-order valence-electron chi connectivity index (χ1n) is 6.02. The van der Waals surface area contributed by atoms with Crippen LogP contribution in [0.4, 0.5) is 4.39 Å². The molecule has 1 aromatic carbocycles. The topological polar surface area (TPSA) is 38.3 Å². The van der Waals surface area contributed by atoms with Gasteiger partial charge < -0.3 is 10.1 Å². The molecule has 1 amide bonds. The average Bonchev–Trinajstić information content (AvgIpc) is 2.37. The van der Waals surface area contributed by atoms with Crippen molar-refractivity contribution in [1.29, 1.82) is 0 Å². The van der Waals surface area contributed by atoms with Crippen molar-refractivity contribution >= 4 is 21.8 Å². The fourth-order valence-electron chi connectivity index (χ4n) is 1.98. The minimum Gasteiger partial charge on any atom is -0.376 e. The van der Waals surface area contributed by atoms with Crippen LogP contribution in [-0.2, 0) is 4.74 Å². The Morgan fingerprint density at radius 2 is 2.33 bits per heavy atom. The Morgan fingerprint density at radius 1 is 1.50 bits per heavy atom. The van der Waals surface area contributed by atoms with Crippen LogP contribution in [0.25, 0.3) is 0 Å². The van der Waals surface area contributed by atoms with Gasteiger partial charge in [-0.05, 0) is 47.3 Å². The molecule has 1 unspecified atom stereocenters. The zero-order chi connectivity index (χ0) is 13.0.